The van der Waals surface area contributed by atoms with Crippen molar-refractivity contribution in [1.82, 2.24) is 15.2 Å². The molecule has 1 aromatic heterocycles. The largest absolute Gasteiger partial charge is 0.417 e. The van der Waals surface area contributed by atoms with E-state index >= 15 is 0 Å². The van der Waals surface area contributed by atoms with Gasteiger partial charge in [0, 0.05) is 37.2 Å². The molecular weight excluding hydrogens is 655 g/mol. The zero-order valence-electron chi connectivity index (χ0n) is 24.4. The first-order chi connectivity index (χ1) is 21.6. The highest BCUT2D eigenvalue weighted by Gasteiger charge is 2.61. The number of likely N-dealkylation sites (tertiary alicyclic amines) is 1. The monoisotopic (exact) mass is 682 g/mol. The van der Waals surface area contributed by atoms with Crippen molar-refractivity contribution in [3.05, 3.63) is 87.7 Å². The highest BCUT2D eigenvalue weighted by Crippen LogP contribution is 2.61. The van der Waals surface area contributed by atoms with E-state index in [1.807, 2.05) is 0 Å². The molecule has 0 radical (unpaired) electrons. The summed E-state index contributed by atoms with van der Waals surface area (Å²) >= 11 is 7.00. The zero-order chi connectivity index (χ0) is 33.2. The summed E-state index contributed by atoms with van der Waals surface area (Å²) in [6.45, 7) is 1.57. The Hall–Kier alpha value is -3.78. The number of sulfonamides is 1. The molecule has 3 aliphatic rings. The van der Waals surface area contributed by atoms with Gasteiger partial charge in [-0.2, -0.15) is 13.2 Å². The number of pyridine rings is 1. The first-order valence-electron chi connectivity index (χ1n) is 14.5. The second-order valence-electron chi connectivity index (χ2n) is 11.9. The molecule has 1 atom stereocenters. The summed E-state index contributed by atoms with van der Waals surface area (Å²) in [7, 11) is -4.25. The highest BCUT2D eigenvalue weighted by molar-refractivity contribution is 7.93. The number of amides is 2. The van der Waals surface area contributed by atoms with Crippen LogP contribution in [0.1, 0.15) is 59.8 Å². The molecule has 6 rings (SSSR count). The Morgan fingerprint density at radius 2 is 1.72 bits per heavy atom. The van der Waals surface area contributed by atoms with Gasteiger partial charge in [-0.1, -0.05) is 11.6 Å². The van der Waals surface area contributed by atoms with Crippen LogP contribution in [0.4, 0.5) is 27.6 Å². The molecule has 8 nitrogen and oxygen atoms in total. The molecule has 46 heavy (non-hydrogen) atoms. The minimum absolute atomic E-state index is 0.0189. The minimum Gasteiger partial charge on any atom is -0.346 e. The van der Waals surface area contributed by atoms with Gasteiger partial charge in [0.2, 0.25) is 5.91 Å². The quantitative estimate of drug-likeness (QED) is 0.330. The van der Waals surface area contributed by atoms with Crippen LogP contribution in [0.2, 0.25) is 5.02 Å². The summed E-state index contributed by atoms with van der Waals surface area (Å²) < 4.78 is 96.8. The summed E-state index contributed by atoms with van der Waals surface area (Å²) in [4.78, 5) is 30.7. The van der Waals surface area contributed by atoms with Gasteiger partial charge in [-0.15, -0.1) is 0 Å². The lowest BCUT2D eigenvalue weighted by molar-refractivity contribution is -0.138. The van der Waals surface area contributed by atoms with Crippen LogP contribution in [-0.2, 0) is 33.0 Å². The number of fused-ring (bicyclic) bond motifs is 2. The Morgan fingerprint density at radius 1 is 1.07 bits per heavy atom. The molecule has 1 unspecified atom stereocenters. The van der Waals surface area contributed by atoms with Crippen LogP contribution in [0, 0.1) is 17.6 Å². The van der Waals surface area contributed by atoms with Crippen molar-refractivity contribution in [3.8, 4) is 0 Å². The zero-order valence-corrected chi connectivity index (χ0v) is 25.9. The third-order valence-corrected chi connectivity index (χ3v) is 11.3. The van der Waals surface area contributed by atoms with E-state index in [4.69, 9.17) is 11.6 Å². The molecule has 2 aromatic carbocycles. The smallest absolute Gasteiger partial charge is 0.346 e. The standard InChI is InChI=1S/C31H28ClF5N4O4S/c1-17(42)40-12-10-30(11-13-40)26-25(41(28(30)18-2-3-18)46(44,45)21-6-4-20(33)5-7-21)9-8-22(27(26)32)29(43)39-16-24-23(34)14-19(15-38-24)31(35,36)37/h4-9,14-15,18,28H,2-3,10-13,16H2,1H3,(H,39,43). The summed E-state index contributed by atoms with van der Waals surface area (Å²) in [5, 5.41) is 2.43. The fourth-order valence-electron chi connectivity index (χ4n) is 6.75. The maximum absolute atomic E-state index is 14.4. The van der Waals surface area contributed by atoms with Crippen molar-refractivity contribution in [2.75, 3.05) is 17.4 Å². The normalized spacial score (nSPS) is 19.3. The Morgan fingerprint density at radius 3 is 2.28 bits per heavy atom. The Kier molecular flexibility index (Phi) is 8.03. The summed E-state index contributed by atoms with van der Waals surface area (Å²) in [6, 6.07) is 7.03. The van der Waals surface area contributed by atoms with Gasteiger partial charge in [-0.05, 0) is 74.1 Å². The van der Waals surface area contributed by atoms with Crippen molar-refractivity contribution in [3.63, 3.8) is 0 Å². The highest BCUT2D eigenvalue weighted by atomic mass is 35.5. The molecular formula is C31H28ClF5N4O4S. The lowest BCUT2D eigenvalue weighted by atomic mass is 9.68. The Bertz CT molecular complexity index is 1830. The lowest BCUT2D eigenvalue weighted by Gasteiger charge is -2.45. The molecule has 244 valence electrons. The average molecular weight is 683 g/mol. The SMILES string of the molecule is CC(=O)N1CCC2(CC1)c1c(ccc(C(=O)NCc3ncc(C(F)(F)F)cc3F)c1Cl)N(S(=O)(=O)c1ccc(F)cc1)C2C1CC1. The molecule has 2 amide bonds. The molecule has 1 aliphatic carbocycles. The predicted molar refractivity (Wildman–Crippen MR) is 158 cm³/mol. The van der Waals surface area contributed by atoms with Gasteiger partial charge in [0.15, 0.2) is 0 Å². The number of alkyl halides is 3. The number of nitrogens with zero attached hydrogens (tertiary/aromatic N) is 3. The van der Waals surface area contributed by atoms with E-state index < -0.39 is 63.0 Å². The topological polar surface area (TPSA) is 99.7 Å². The van der Waals surface area contributed by atoms with Crippen LogP contribution in [-0.4, -0.2) is 49.2 Å². The number of rotatable bonds is 6. The number of halogens is 6. The summed E-state index contributed by atoms with van der Waals surface area (Å²) in [5.41, 5.74) is -1.90. The summed E-state index contributed by atoms with van der Waals surface area (Å²) in [5.74, 6) is -2.78. The number of hydrogen-bond donors (Lipinski definition) is 1. The second-order valence-corrected chi connectivity index (χ2v) is 14.0. The van der Waals surface area contributed by atoms with Crippen molar-refractivity contribution in [2.45, 2.75) is 61.7 Å². The first kappa shape index (κ1) is 32.2. The number of benzene rings is 2. The van der Waals surface area contributed by atoms with Gasteiger partial charge >= 0.3 is 6.18 Å². The third-order valence-electron chi connectivity index (χ3n) is 9.12. The fourth-order valence-corrected chi connectivity index (χ4v) is 8.98. The van der Waals surface area contributed by atoms with Crippen LogP contribution in [0.3, 0.4) is 0 Å². The van der Waals surface area contributed by atoms with Gasteiger partial charge in [-0.25, -0.2) is 17.2 Å². The minimum atomic E-state index is -4.79. The van der Waals surface area contributed by atoms with Gasteiger partial charge in [0.05, 0.1) is 45.0 Å². The predicted octanol–water partition coefficient (Wildman–Crippen LogP) is 5.83. The van der Waals surface area contributed by atoms with Gasteiger partial charge in [-0.3, -0.25) is 18.9 Å². The molecule has 1 saturated carbocycles. The second kappa shape index (κ2) is 11.5. The number of carbonyl (C=O) groups excluding carboxylic acids is 2. The number of aromatic nitrogens is 1. The van der Waals surface area contributed by atoms with E-state index in [0.29, 0.717) is 43.8 Å². The van der Waals surface area contributed by atoms with E-state index in [1.54, 1.807) is 4.90 Å². The number of nitrogens with one attached hydrogen (secondary N) is 1. The van der Waals surface area contributed by atoms with Gasteiger partial charge < -0.3 is 10.2 Å². The number of anilines is 1. The molecule has 1 spiro atoms. The van der Waals surface area contributed by atoms with E-state index in [9.17, 15) is 40.0 Å². The average Bonchev–Trinajstić information content (AvgIpc) is 3.79. The van der Waals surface area contributed by atoms with Gasteiger partial charge in [0.25, 0.3) is 15.9 Å². The van der Waals surface area contributed by atoms with E-state index in [2.05, 4.69) is 10.3 Å². The number of hydrogen-bond acceptors (Lipinski definition) is 5. The molecule has 15 heteroatoms. The van der Waals surface area contributed by atoms with Crippen LogP contribution in [0.5, 0.6) is 0 Å². The third kappa shape index (κ3) is 5.48. The molecule has 3 heterocycles. The van der Waals surface area contributed by atoms with Crippen LogP contribution in [0.15, 0.2) is 53.6 Å². The molecule has 2 aliphatic heterocycles. The van der Waals surface area contributed by atoms with Crippen LogP contribution < -0.4 is 9.62 Å². The van der Waals surface area contributed by atoms with E-state index in [0.717, 1.165) is 25.0 Å². The van der Waals surface area contributed by atoms with E-state index in [1.165, 1.54) is 35.5 Å². The van der Waals surface area contributed by atoms with Crippen LogP contribution >= 0.6 is 11.6 Å². The van der Waals surface area contributed by atoms with Crippen molar-refractivity contribution < 1.29 is 40.0 Å². The molecule has 1 saturated heterocycles. The van der Waals surface area contributed by atoms with Crippen molar-refractivity contribution >= 4 is 39.1 Å². The number of piperidine rings is 1. The maximum atomic E-state index is 14.4. The van der Waals surface area contributed by atoms with Crippen molar-refractivity contribution in [1.29, 1.82) is 0 Å². The Balaban J connectivity index is 1.40. The summed E-state index contributed by atoms with van der Waals surface area (Å²) in [6.07, 6.45) is -2.09. The van der Waals surface area contributed by atoms with Crippen molar-refractivity contribution in [2.24, 2.45) is 5.92 Å². The first-order valence-corrected chi connectivity index (χ1v) is 16.4. The lowest BCUT2D eigenvalue weighted by Crippen LogP contribution is -2.54. The number of carbonyl (C=O) groups is 2. The van der Waals surface area contributed by atoms with Crippen LogP contribution in [0.25, 0.3) is 0 Å². The molecule has 1 N–H and O–H groups in total. The Labute approximate surface area is 266 Å². The van der Waals surface area contributed by atoms with Gasteiger partial charge in [0.1, 0.15) is 11.6 Å². The molecule has 2 fully saturated rings. The fraction of sp³-hybridized carbons (Fsp3) is 0.387. The molecule has 0 bridgehead atoms. The van der Waals surface area contributed by atoms with E-state index in [-0.39, 0.29) is 33.0 Å². The maximum Gasteiger partial charge on any atom is 0.417 e. The molecule has 3 aromatic rings.